The van der Waals surface area contributed by atoms with Crippen molar-refractivity contribution in [3.63, 3.8) is 0 Å². The van der Waals surface area contributed by atoms with E-state index in [9.17, 15) is 18.0 Å². The summed E-state index contributed by atoms with van der Waals surface area (Å²) in [6, 6.07) is 5.34. The van der Waals surface area contributed by atoms with E-state index >= 15 is 0 Å². The molecule has 1 aromatic rings. The van der Waals surface area contributed by atoms with Crippen molar-refractivity contribution in [2.24, 2.45) is 11.7 Å². The molecule has 2 heterocycles. The number of carbonyl (C=O) groups is 1. The molecule has 2 saturated heterocycles. The smallest absolute Gasteiger partial charge is 0.364 e. The van der Waals surface area contributed by atoms with Gasteiger partial charge in [-0.15, -0.1) is 24.8 Å². The minimum atomic E-state index is -4.34. The van der Waals surface area contributed by atoms with Gasteiger partial charge in [-0.1, -0.05) is 12.1 Å². The van der Waals surface area contributed by atoms with Crippen LogP contribution >= 0.6 is 24.8 Å². The Morgan fingerprint density at radius 1 is 1.20 bits per heavy atom. The summed E-state index contributed by atoms with van der Waals surface area (Å²) in [6.07, 6.45) is -1.50. The fraction of sp³-hybridized carbons (Fsp3) is 0.650. The molecule has 0 aliphatic carbocycles. The Bertz CT molecular complexity index is 676. The topological polar surface area (TPSA) is 67.6 Å². The molecule has 0 radical (unpaired) electrons. The minimum absolute atomic E-state index is 0. The van der Waals surface area contributed by atoms with E-state index in [0.29, 0.717) is 19.5 Å². The SMILES string of the molecule is CN1CCCC(CNC(=O)[C@@H]2CC[C@H](CN)O2)C1c1ccc(C(F)(F)F)cc1.Cl.Cl. The Morgan fingerprint density at radius 3 is 2.43 bits per heavy atom. The highest BCUT2D eigenvalue weighted by molar-refractivity contribution is 5.85. The third kappa shape index (κ3) is 6.47. The molecule has 0 saturated carbocycles. The Morgan fingerprint density at radius 2 is 1.87 bits per heavy atom. The molecule has 4 atom stereocenters. The van der Waals surface area contributed by atoms with Crippen molar-refractivity contribution >= 4 is 30.7 Å². The van der Waals surface area contributed by atoms with Crippen LogP contribution in [-0.2, 0) is 15.7 Å². The van der Waals surface area contributed by atoms with Gasteiger partial charge in [-0.25, -0.2) is 0 Å². The number of rotatable bonds is 5. The van der Waals surface area contributed by atoms with Crippen molar-refractivity contribution in [1.29, 1.82) is 0 Å². The second-order valence-corrected chi connectivity index (χ2v) is 7.75. The summed E-state index contributed by atoms with van der Waals surface area (Å²) < 4.78 is 44.2. The molecule has 5 nitrogen and oxygen atoms in total. The largest absolute Gasteiger partial charge is 0.416 e. The lowest BCUT2D eigenvalue weighted by Gasteiger charge is -2.40. The van der Waals surface area contributed by atoms with Crippen LogP contribution in [0.2, 0.25) is 0 Å². The van der Waals surface area contributed by atoms with Gasteiger partial charge in [-0.2, -0.15) is 13.2 Å². The van der Waals surface area contributed by atoms with Crippen LogP contribution in [0.3, 0.4) is 0 Å². The lowest BCUT2D eigenvalue weighted by Crippen LogP contribution is -2.44. The number of alkyl halides is 3. The van der Waals surface area contributed by atoms with Crippen LogP contribution in [0, 0.1) is 5.92 Å². The summed E-state index contributed by atoms with van der Waals surface area (Å²) in [6.45, 7) is 1.76. The first-order valence-electron chi connectivity index (χ1n) is 9.80. The average Bonchev–Trinajstić information content (AvgIpc) is 3.15. The summed E-state index contributed by atoms with van der Waals surface area (Å²) in [5.74, 6) is 0.00138. The highest BCUT2D eigenvalue weighted by Crippen LogP contribution is 2.36. The number of nitrogens with two attached hydrogens (primary N) is 1. The Labute approximate surface area is 187 Å². The van der Waals surface area contributed by atoms with Crippen LogP contribution in [0.4, 0.5) is 13.2 Å². The lowest BCUT2D eigenvalue weighted by atomic mass is 9.84. The van der Waals surface area contributed by atoms with Crippen molar-refractivity contribution in [2.75, 3.05) is 26.7 Å². The van der Waals surface area contributed by atoms with Gasteiger partial charge >= 0.3 is 6.18 Å². The fourth-order valence-corrected chi connectivity index (χ4v) is 4.29. The number of hydrogen-bond acceptors (Lipinski definition) is 4. The first kappa shape index (κ1) is 27.0. The summed E-state index contributed by atoms with van der Waals surface area (Å²) >= 11 is 0. The second kappa shape index (κ2) is 11.5. The van der Waals surface area contributed by atoms with Crippen molar-refractivity contribution in [1.82, 2.24) is 10.2 Å². The minimum Gasteiger partial charge on any atom is -0.364 e. The van der Waals surface area contributed by atoms with Crippen molar-refractivity contribution < 1.29 is 22.7 Å². The number of nitrogens with zero attached hydrogens (tertiary/aromatic N) is 1. The van der Waals surface area contributed by atoms with Gasteiger partial charge in [-0.3, -0.25) is 9.69 Å². The number of hydrogen-bond donors (Lipinski definition) is 2. The molecule has 0 bridgehead atoms. The molecule has 1 amide bonds. The molecule has 0 aromatic heterocycles. The van der Waals surface area contributed by atoms with Crippen molar-refractivity contribution in [2.45, 2.75) is 50.1 Å². The number of benzene rings is 1. The quantitative estimate of drug-likeness (QED) is 0.688. The Balaban J connectivity index is 0.00000225. The number of carbonyl (C=O) groups excluding carboxylic acids is 1. The van der Waals surface area contributed by atoms with Crippen LogP contribution in [0.1, 0.15) is 42.9 Å². The molecule has 2 aliphatic heterocycles. The predicted molar refractivity (Wildman–Crippen MR) is 114 cm³/mol. The highest BCUT2D eigenvalue weighted by atomic mass is 35.5. The van der Waals surface area contributed by atoms with Crippen molar-refractivity contribution in [3.05, 3.63) is 35.4 Å². The van der Waals surface area contributed by atoms with Gasteiger partial charge in [0.1, 0.15) is 6.10 Å². The second-order valence-electron chi connectivity index (χ2n) is 7.75. The van der Waals surface area contributed by atoms with Crippen LogP contribution in [0.25, 0.3) is 0 Å². The summed E-state index contributed by atoms with van der Waals surface area (Å²) in [5.41, 5.74) is 5.79. The molecule has 2 fully saturated rings. The van der Waals surface area contributed by atoms with Gasteiger partial charge in [0.25, 0.3) is 0 Å². The maximum absolute atomic E-state index is 12.8. The van der Waals surface area contributed by atoms with Crippen molar-refractivity contribution in [3.8, 4) is 0 Å². The first-order chi connectivity index (χ1) is 13.3. The first-order valence-corrected chi connectivity index (χ1v) is 9.80. The number of nitrogens with one attached hydrogen (secondary N) is 1. The summed E-state index contributed by atoms with van der Waals surface area (Å²) in [5, 5.41) is 2.98. The van der Waals surface area contributed by atoms with E-state index in [-0.39, 0.29) is 48.8 Å². The third-order valence-corrected chi connectivity index (χ3v) is 5.79. The molecule has 30 heavy (non-hydrogen) atoms. The monoisotopic (exact) mass is 471 g/mol. The zero-order chi connectivity index (χ0) is 20.3. The zero-order valence-corrected chi connectivity index (χ0v) is 18.5. The highest BCUT2D eigenvalue weighted by Gasteiger charge is 2.35. The van der Waals surface area contributed by atoms with Gasteiger partial charge in [0.15, 0.2) is 0 Å². The van der Waals surface area contributed by atoms with Gasteiger partial charge in [-0.05, 0) is 62.9 Å². The molecule has 2 unspecified atom stereocenters. The molecule has 0 spiro atoms. The molecule has 10 heteroatoms. The molecule has 2 aliphatic rings. The molecule has 172 valence electrons. The molecular weight excluding hydrogens is 442 g/mol. The van der Waals surface area contributed by atoms with Crippen LogP contribution in [-0.4, -0.2) is 49.7 Å². The van der Waals surface area contributed by atoms with Crippen LogP contribution in [0.15, 0.2) is 24.3 Å². The standard InChI is InChI=1S/C20H28F3N3O2.2ClH/c1-26-10-2-3-14(12-25-19(27)17-9-8-16(11-24)28-17)18(26)13-4-6-15(7-5-13)20(21,22)23;;/h4-7,14,16-18H,2-3,8-12,24H2,1H3,(H,25,27);2*1H/t14?,16-,17+,18?;;/m1../s1. The number of likely N-dealkylation sites (tertiary alicyclic amines) is 1. The Kier molecular flexibility index (Phi) is 10.4. The normalized spacial score (nSPS) is 27.1. The molecular formula is C20H30Cl2F3N3O2. The van der Waals surface area contributed by atoms with Crippen LogP contribution in [0.5, 0.6) is 0 Å². The average molecular weight is 472 g/mol. The summed E-state index contributed by atoms with van der Waals surface area (Å²) in [4.78, 5) is 14.6. The number of amides is 1. The lowest BCUT2D eigenvalue weighted by molar-refractivity contribution is -0.137. The number of ether oxygens (including phenoxy) is 1. The van der Waals surface area contributed by atoms with Gasteiger partial charge in [0.05, 0.1) is 11.7 Å². The van der Waals surface area contributed by atoms with E-state index in [1.807, 2.05) is 7.05 Å². The van der Waals surface area contributed by atoms with Gasteiger partial charge < -0.3 is 15.8 Å². The number of halogens is 5. The third-order valence-electron chi connectivity index (χ3n) is 5.79. The summed E-state index contributed by atoms with van der Waals surface area (Å²) in [7, 11) is 1.97. The molecule has 1 aromatic carbocycles. The predicted octanol–water partition coefficient (Wildman–Crippen LogP) is 3.55. The Hall–Kier alpha value is -1.06. The van der Waals surface area contributed by atoms with Gasteiger partial charge in [0, 0.05) is 19.1 Å². The van der Waals surface area contributed by atoms with E-state index < -0.39 is 17.8 Å². The number of piperidine rings is 1. The van der Waals surface area contributed by atoms with Gasteiger partial charge in [0.2, 0.25) is 5.91 Å². The molecule has 3 N–H and O–H groups in total. The van der Waals surface area contributed by atoms with E-state index in [0.717, 1.165) is 43.5 Å². The van der Waals surface area contributed by atoms with E-state index in [2.05, 4.69) is 10.2 Å². The maximum atomic E-state index is 12.8. The van der Waals surface area contributed by atoms with E-state index in [1.54, 1.807) is 12.1 Å². The van der Waals surface area contributed by atoms with E-state index in [4.69, 9.17) is 10.5 Å². The zero-order valence-electron chi connectivity index (χ0n) is 16.9. The molecule has 3 rings (SSSR count). The van der Waals surface area contributed by atoms with Crippen LogP contribution < -0.4 is 11.1 Å². The fourth-order valence-electron chi connectivity index (χ4n) is 4.29. The van der Waals surface area contributed by atoms with E-state index in [1.165, 1.54) is 0 Å². The maximum Gasteiger partial charge on any atom is 0.416 e.